The van der Waals surface area contributed by atoms with Crippen LogP contribution >= 0.6 is 0 Å². The standard InChI is InChI=1S/C10H12N2/c1-8-6-9(3-5-12-8)10-2-4-11-7-10/h2-3,5-6,11H,4,7H2,1H3. The van der Waals surface area contributed by atoms with E-state index in [1.165, 1.54) is 11.1 Å². The predicted octanol–water partition coefficient (Wildman–Crippen LogP) is 1.38. The molecule has 0 aromatic carbocycles. The van der Waals surface area contributed by atoms with Gasteiger partial charge in [0.05, 0.1) is 0 Å². The van der Waals surface area contributed by atoms with Gasteiger partial charge >= 0.3 is 0 Å². The van der Waals surface area contributed by atoms with Crippen molar-refractivity contribution >= 4 is 5.57 Å². The van der Waals surface area contributed by atoms with Gasteiger partial charge in [-0.15, -0.1) is 0 Å². The van der Waals surface area contributed by atoms with Gasteiger partial charge in [-0.25, -0.2) is 0 Å². The van der Waals surface area contributed by atoms with Gasteiger partial charge in [-0.1, -0.05) is 6.08 Å². The Morgan fingerprint density at radius 3 is 3.08 bits per heavy atom. The molecule has 0 aliphatic carbocycles. The van der Waals surface area contributed by atoms with E-state index in [-0.39, 0.29) is 0 Å². The molecule has 0 unspecified atom stereocenters. The predicted molar refractivity (Wildman–Crippen MR) is 49.8 cm³/mol. The first-order valence-corrected chi connectivity index (χ1v) is 4.19. The van der Waals surface area contributed by atoms with Crippen molar-refractivity contribution in [3.8, 4) is 0 Å². The van der Waals surface area contributed by atoms with Gasteiger partial charge in [0.25, 0.3) is 0 Å². The summed E-state index contributed by atoms with van der Waals surface area (Å²) in [6, 6.07) is 4.19. The summed E-state index contributed by atoms with van der Waals surface area (Å²) in [5, 5.41) is 3.28. The van der Waals surface area contributed by atoms with E-state index in [4.69, 9.17) is 0 Å². The summed E-state index contributed by atoms with van der Waals surface area (Å²) in [6.07, 6.45) is 4.10. The van der Waals surface area contributed by atoms with Crippen molar-refractivity contribution in [2.45, 2.75) is 6.92 Å². The molecule has 0 bridgehead atoms. The lowest BCUT2D eigenvalue weighted by atomic mass is 10.1. The third kappa shape index (κ3) is 1.38. The Bertz CT molecular complexity index is 315. The fourth-order valence-electron chi connectivity index (χ4n) is 1.44. The third-order valence-electron chi connectivity index (χ3n) is 2.08. The highest BCUT2D eigenvalue weighted by molar-refractivity contribution is 5.68. The zero-order chi connectivity index (χ0) is 8.39. The summed E-state index contributed by atoms with van der Waals surface area (Å²) in [5.41, 5.74) is 3.77. The number of nitrogens with zero attached hydrogens (tertiary/aromatic N) is 1. The van der Waals surface area contributed by atoms with E-state index in [0.717, 1.165) is 18.8 Å². The van der Waals surface area contributed by atoms with Crippen LogP contribution in [0.3, 0.4) is 0 Å². The molecule has 1 aliphatic rings. The molecule has 2 heteroatoms. The first-order chi connectivity index (χ1) is 5.86. The summed E-state index contributed by atoms with van der Waals surface area (Å²) in [5.74, 6) is 0. The van der Waals surface area contributed by atoms with Crippen LogP contribution in [0.15, 0.2) is 24.4 Å². The monoisotopic (exact) mass is 160 g/mol. The number of rotatable bonds is 1. The van der Waals surface area contributed by atoms with Gasteiger partial charge in [0.2, 0.25) is 0 Å². The molecule has 0 radical (unpaired) electrons. The lowest BCUT2D eigenvalue weighted by Gasteiger charge is -2.01. The molecule has 0 saturated heterocycles. The van der Waals surface area contributed by atoms with Gasteiger partial charge in [-0.3, -0.25) is 4.98 Å². The van der Waals surface area contributed by atoms with Gasteiger partial charge in [0, 0.05) is 25.0 Å². The smallest absolute Gasteiger partial charge is 0.0378 e. The first kappa shape index (κ1) is 7.50. The maximum absolute atomic E-state index is 4.16. The number of nitrogens with one attached hydrogen (secondary N) is 1. The number of aryl methyl sites for hydroxylation is 1. The molecule has 2 nitrogen and oxygen atoms in total. The quantitative estimate of drug-likeness (QED) is 0.671. The van der Waals surface area contributed by atoms with Crippen LogP contribution < -0.4 is 5.32 Å². The average molecular weight is 160 g/mol. The summed E-state index contributed by atoms with van der Waals surface area (Å²) in [6.45, 7) is 4.01. The molecular weight excluding hydrogens is 148 g/mol. The van der Waals surface area contributed by atoms with Gasteiger partial charge in [-0.05, 0) is 30.2 Å². The van der Waals surface area contributed by atoms with E-state index in [0.29, 0.717) is 0 Å². The molecule has 12 heavy (non-hydrogen) atoms. The van der Waals surface area contributed by atoms with Gasteiger partial charge in [-0.2, -0.15) is 0 Å². The number of hydrogen-bond donors (Lipinski definition) is 1. The minimum Gasteiger partial charge on any atom is -0.309 e. The van der Waals surface area contributed by atoms with E-state index in [1.807, 2.05) is 13.1 Å². The Kier molecular flexibility index (Phi) is 1.92. The van der Waals surface area contributed by atoms with Crippen LogP contribution in [-0.4, -0.2) is 18.1 Å². The molecule has 0 spiro atoms. The van der Waals surface area contributed by atoms with Gasteiger partial charge in [0.15, 0.2) is 0 Å². The Labute approximate surface area is 72.3 Å². The van der Waals surface area contributed by atoms with Crippen molar-refractivity contribution in [2.24, 2.45) is 0 Å². The largest absolute Gasteiger partial charge is 0.309 e. The molecule has 2 heterocycles. The zero-order valence-electron chi connectivity index (χ0n) is 7.17. The van der Waals surface area contributed by atoms with Crippen molar-refractivity contribution < 1.29 is 0 Å². The minimum absolute atomic E-state index is 0.990. The normalized spacial score (nSPS) is 16.2. The van der Waals surface area contributed by atoms with Crippen LogP contribution in [0.4, 0.5) is 0 Å². The van der Waals surface area contributed by atoms with E-state index in [9.17, 15) is 0 Å². The maximum Gasteiger partial charge on any atom is 0.0378 e. The van der Waals surface area contributed by atoms with Gasteiger partial charge in [0.1, 0.15) is 0 Å². The van der Waals surface area contributed by atoms with E-state index >= 15 is 0 Å². The average Bonchev–Trinajstić information content (AvgIpc) is 2.56. The van der Waals surface area contributed by atoms with Crippen LogP contribution in [0.2, 0.25) is 0 Å². The summed E-state index contributed by atoms with van der Waals surface area (Å²) in [7, 11) is 0. The van der Waals surface area contributed by atoms with Crippen LogP contribution in [-0.2, 0) is 0 Å². The van der Waals surface area contributed by atoms with Crippen LogP contribution in [0.5, 0.6) is 0 Å². The molecular formula is C10H12N2. The van der Waals surface area contributed by atoms with Crippen molar-refractivity contribution in [2.75, 3.05) is 13.1 Å². The highest BCUT2D eigenvalue weighted by atomic mass is 14.9. The Morgan fingerprint density at radius 2 is 2.42 bits per heavy atom. The third-order valence-corrected chi connectivity index (χ3v) is 2.08. The fourth-order valence-corrected chi connectivity index (χ4v) is 1.44. The number of aromatic nitrogens is 1. The van der Waals surface area contributed by atoms with Crippen molar-refractivity contribution in [3.63, 3.8) is 0 Å². The van der Waals surface area contributed by atoms with E-state index in [2.05, 4.69) is 28.5 Å². The molecule has 0 atom stereocenters. The molecule has 62 valence electrons. The van der Waals surface area contributed by atoms with Gasteiger partial charge < -0.3 is 5.32 Å². The fraction of sp³-hybridized carbons (Fsp3) is 0.300. The Morgan fingerprint density at radius 1 is 1.50 bits per heavy atom. The number of hydrogen-bond acceptors (Lipinski definition) is 2. The summed E-state index contributed by atoms with van der Waals surface area (Å²) in [4.78, 5) is 4.16. The van der Waals surface area contributed by atoms with E-state index < -0.39 is 0 Å². The molecule has 0 fully saturated rings. The highest BCUT2D eigenvalue weighted by Gasteiger charge is 2.05. The zero-order valence-corrected chi connectivity index (χ0v) is 7.17. The van der Waals surface area contributed by atoms with Crippen LogP contribution in [0.1, 0.15) is 11.3 Å². The second-order valence-electron chi connectivity index (χ2n) is 3.05. The lowest BCUT2D eigenvalue weighted by Crippen LogP contribution is -2.07. The maximum atomic E-state index is 4.16. The molecule has 1 aromatic rings. The molecule has 1 aliphatic heterocycles. The van der Waals surface area contributed by atoms with Crippen molar-refractivity contribution in [1.29, 1.82) is 0 Å². The first-order valence-electron chi connectivity index (χ1n) is 4.19. The topological polar surface area (TPSA) is 24.9 Å². The van der Waals surface area contributed by atoms with Crippen LogP contribution in [0.25, 0.3) is 5.57 Å². The Balaban J connectivity index is 2.33. The molecule has 0 amide bonds. The molecule has 1 N–H and O–H groups in total. The molecule has 0 saturated carbocycles. The molecule has 1 aromatic heterocycles. The minimum atomic E-state index is 0.990. The van der Waals surface area contributed by atoms with E-state index in [1.54, 1.807) is 0 Å². The summed E-state index contributed by atoms with van der Waals surface area (Å²) >= 11 is 0. The summed E-state index contributed by atoms with van der Waals surface area (Å²) < 4.78 is 0. The number of pyridine rings is 1. The Hall–Kier alpha value is -1.15. The SMILES string of the molecule is Cc1cc(C2=CCNC2)ccn1. The lowest BCUT2D eigenvalue weighted by molar-refractivity contribution is 0.897. The second-order valence-corrected chi connectivity index (χ2v) is 3.05. The highest BCUT2D eigenvalue weighted by Crippen LogP contribution is 2.15. The van der Waals surface area contributed by atoms with Crippen molar-refractivity contribution in [3.05, 3.63) is 35.7 Å². The van der Waals surface area contributed by atoms with Crippen LogP contribution in [0, 0.1) is 6.92 Å². The van der Waals surface area contributed by atoms with Crippen molar-refractivity contribution in [1.82, 2.24) is 10.3 Å². The molecule has 2 rings (SSSR count). The second kappa shape index (κ2) is 3.07.